The molecule has 0 aliphatic carbocycles. The van der Waals surface area contributed by atoms with Gasteiger partial charge in [0.15, 0.2) is 0 Å². The fourth-order valence-electron chi connectivity index (χ4n) is 3.32. The van der Waals surface area contributed by atoms with Gasteiger partial charge in [-0.2, -0.15) is 0 Å². The first kappa shape index (κ1) is 21.5. The average Bonchev–Trinajstić information content (AvgIpc) is 3.26. The van der Waals surface area contributed by atoms with E-state index in [4.69, 9.17) is 9.15 Å². The second kappa shape index (κ2) is 10.5. The topological polar surface area (TPSA) is 63.0 Å². The summed E-state index contributed by atoms with van der Waals surface area (Å²) in [6.45, 7) is 10.6. The summed E-state index contributed by atoms with van der Waals surface area (Å²) in [5.41, 5.74) is 0. The minimum atomic E-state index is -0.0559. The summed E-state index contributed by atoms with van der Waals surface area (Å²) in [7, 11) is 0. The van der Waals surface area contributed by atoms with Crippen LogP contribution in [0.3, 0.4) is 0 Å². The summed E-state index contributed by atoms with van der Waals surface area (Å²) < 4.78 is 11.2. The zero-order valence-electron chi connectivity index (χ0n) is 17.1. The van der Waals surface area contributed by atoms with Gasteiger partial charge < -0.3 is 19.0 Å². The van der Waals surface area contributed by atoms with Crippen molar-refractivity contribution in [1.82, 2.24) is 9.80 Å². The quantitative estimate of drug-likeness (QED) is 0.627. The van der Waals surface area contributed by atoms with Gasteiger partial charge in [-0.1, -0.05) is 27.7 Å². The Balaban J connectivity index is 2.06. The predicted molar refractivity (Wildman–Crippen MR) is 104 cm³/mol. The van der Waals surface area contributed by atoms with Crippen molar-refractivity contribution in [2.45, 2.75) is 59.6 Å². The summed E-state index contributed by atoms with van der Waals surface area (Å²) in [5.74, 6) is 1.31. The highest BCUT2D eigenvalue weighted by atomic mass is 16.5. The highest BCUT2D eigenvalue weighted by molar-refractivity contribution is 5.85. The number of furan rings is 1. The van der Waals surface area contributed by atoms with Crippen LogP contribution in [0.4, 0.5) is 0 Å². The molecular weight excluding hydrogens is 344 g/mol. The summed E-state index contributed by atoms with van der Waals surface area (Å²) in [6, 6.07) is 3.69. The van der Waals surface area contributed by atoms with Crippen LogP contribution < -0.4 is 0 Å². The molecule has 6 nitrogen and oxygen atoms in total. The van der Waals surface area contributed by atoms with E-state index in [0.717, 1.165) is 25.2 Å². The molecule has 0 aromatic carbocycles. The van der Waals surface area contributed by atoms with E-state index in [2.05, 4.69) is 13.8 Å². The predicted octanol–water partition coefficient (Wildman–Crippen LogP) is 3.32. The second-order valence-electron chi connectivity index (χ2n) is 8.25. The molecule has 2 rings (SSSR count). The number of hydrogen-bond donors (Lipinski definition) is 0. The van der Waals surface area contributed by atoms with Gasteiger partial charge >= 0.3 is 0 Å². The van der Waals surface area contributed by atoms with E-state index in [-0.39, 0.29) is 30.4 Å². The molecule has 2 amide bonds. The molecule has 0 radical (unpaired) electrons. The molecule has 1 fully saturated rings. The van der Waals surface area contributed by atoms with Gasteiger partial charge in [0.05, 0.1) is 25.5 Å². The lowest BCUT2D eigenvalue weighted by Gasteiger charge is -2.30. The van der Waals surface area contributed by atoms with Gasteiger partial charge in [0.25, 0.3) is 0 Å². The molecule has 152 valence electrons. The van der Waals surface area contributed by atoms with E-state index in [1.54, 1.807) is 16.1 Å². The van der Waals surface area contributed by atoms with E-state index < -0.39 is 0 Å². The largest absolute Gasteiger partial charge is 0.467 e. The molecule has 1 aromatic rings. The van der Waals surface area contributed by atoms with Crippen molar-refractivity contribution < 1.29 is 18.7 Å². The normalized spacial score (nSPS) is 16.9. The third kappa shape index (κ3) is 7.37. The maximum absolute atomic E-state index is 13.1. The van der Waals surface area contributed by atoms with Crippen LogP contribution in [0.1, 0.15) is 52.7 Å². The van der Waals surface area contributed by atoms with Gasteiger partial charge in [-0.05, 0) is 36.8 Å². The number of ether oxygens (including phenoxy) is 1. The monoisotopic (exact) mass is 378 g/mol. The van der Waals surface area contributed by atoms with E-state index in [1.165, 1.54) is 0 Å². The van der Waals surface area contributed by atoms with Crippen LogP contribution in [0.15, 0.2) is 22.8 Å². The number of hydrogen-bond acceptors (Lipinski definition) is 4. The van der Waals surface area contributed by atoms with E-state index in [0.29, 0.717) is 32.0 Å². The van der Waals surface area contributed by atoms with Gasteiger partial charge in [0.2, 0.25) is 11.8 Å². The van der Waals surface area contributed by atoms with Crippen LogP contribution in [0.2, 0.25) is 0 Å². The standard InChI is InChI=1S/C21H34N2O4/c1-16(2)11-20(24)22(12-17(3)4)15-21(25)23(13-18-7-5-9-26-18)14-19-8-6-10-27-19/h5,7,9,16-17,19H,6,8,10-15H2,1-4H3/t19-/m1/s1. The zero-order valence-corrected chi connectivity index (χ0v) is 17.1. The third-order valence-corrected chi connectivity index (χ3v) is 4.57. The smallest absolute Gasteiger partial charge is 0.242 e. The molecule has 0 N–H and O–H groups in total. The second-order valence-corrected chi connectivity index (χ2v) is 8.25. The molecule has 1 aliphatic heterocycles. The Morgan fingerprint density at radius 3 is 2.48 bits per heavy atom. The van der Waals surface area contributed by atoms with Gasteiger partial charge in [-0.3, -0.25) is 9.59 Å². The Morgan fingerprint density at radius 2 is 1.93 bits per heavy atom. The Bertz CT molecular complexity index is 577. The number of rotatable bonds is 10. The van der Waals surface area contributed by atoms with Crippen molar-refractivity contribution in [2.75, 3.05) is 26.2 Å². The first-order valence-electron chi connectivity index (χ1n) is 10.0. The minimum absolute atomic E-state index is 0.0436. The molecule has 0 bridgehead atoms. The van der Waals surface area contributed by atoms with E-state index >= 15 is 0 Å². The first-order valence-corrected chi connectivity index (χ1v) is 10.0. The third-order valence-electron chi connectivity index (χ3n) is 4.57. The van der Waals surface area contributed by atoms with E-state index in [1.807, 2.05) is 26.0 Å². The summed E-state index contributed by atoms with van der Waals surface area (Å²) in [6.07, 6.45) is 4.13. The van der Waals surface area contributed by atoms with Gasteiger partial charge in [0.1, 0.15) is 5.76 Å². The number of carbonyl (C=O) groups excluding carboxylic acids is 2. The molecule has 0 unspecified atom stereocenters. The molecule has 1 aromatic heterocycles. The van der Waals surface area contributed by atoms with Crippen molar-refractivity contribution >= 4 is 11.8 Å². The van der Waals surface area contributed by atoms with Gasteiger partial charge in [0, 0.05) is 26.1 Å². The minimum Gasteiger partial charge on any atom is -0.467 e. The van der Waals surface area contributed by atoms with Gasteiger partial charge in [-0.15, -0.1) is 0 Å². The van der Waals surface area contributed by atoms with Crippen LogP contribution >= 0.6 is 0 Å². The van der Waals surface area contributed by atoms with Crippen LogP contribution in [0.5, 0.6) is 0 Å². The fraction of sp³-hybridized carbons (Fsp3) is 0.714. The Morgan fingerprint density at radius 1 is 1.15 bits per heavy atom. The number of amides is 2. The fourth-order valence-corrected chi connectivity index (χ4v) is 3.32. The maximum Gasteiger partial charge on any atom is 0.242 e. The Labute approximate surface area is 162 Å². The highest BCUT2D eigenvalue weighted by Gasteiger charge is 2.26. The van der Waals surface area contributed by atoms with Crippen LogP contribution in [-0.4, -0.2) is 54.0 Å². The van der Waals surface area contributed by atoms with Gasteiger partial charge in [-0.25, -0.2) is 0 Å². The number of nitrogens with zero attached hydrogens (tertiary/aromatic N) is 2. The maximum atomic E-state index is 13.1. The van der Waals surface area contributed by atoms with Crippen LogP contribution in [0.25, 0.3) is 0 Å². The Kier molecular flexibility index (Phi) is 8.35. The molecule has 0 spiro atoms. The molecule has 1 saturated heterocycles. The van der Waals surface area contributed by atoms with Crippen LogP contribution in [-0.2, 0) is 20.9 Å². The number of carbonyl (C=O) groups is 2. The van der Waals surface area contributed by atoms with Crippen molar-refractivity contribution in [3.05, 3.63) is 24.2 Å². The summed E-state index contributed by atoms with van der Waals surface area (Å²) in [4.78, 5) is 29.2. The highest BCUT2D eigenvalue weighted by Crippen LogP contribution is 2.16. The molecule has 0 saturated carbocycles. The molecule has 1 aliphatic rings. The molecular formula is C21H34N2O4. The Hall–Kier alpha value is -1.82. The molecule has 2 heterocycles. The van der Waals surface area contributed by atoms with Crippen molar-refractivity contribution in [1.29, 1.82) is 0 Å². The van der Waals surface area contributed by atoms with E-state index in [9.17, 15) is 9.59 Å². The molecule has 6 heteroatoms. The summed E-state index contributed by atoms with van der Waals surface area (Å²) >= 11 is 0. The van der Waals surface area contributed by atoms with Crippen molar-refractivity contribution in [3.63, 3.8) is 0 Å². The zero-order chi connectivity index (χ0) is 19.8. The molecule has 1 atom stereocenters. The lowest BCUT2D eigenvalue weighted by atomic mass is 10.1. The van der Waals surface area contributed by atoms with Crippen molar-refractivity contribution in [3.8, 4) is 0 Å². The lowest BCUT2D eigenvalue weighted by molar-refractivity contribution is -0.142. The SMILES string of the molecule is CC(C)CC(=O)N(CC(=O)N(Cc1ccco1)C[C@H]1CCCO1)CC(C)C. The van der Waals surface area contributed by atoms with Crippen LogP contribution in [0, 0.1) is 11.8 Å². The van der Waals surface area contributed by atoms with Crippen molar-refractivity contribution in [2.24, 2.45) is 11.8 Å². The lowest BCUT2D eigenvalue weighted by Crippen LogP contribution is -2.46. The first-order chi connectivity index (χ1) is 12.8. The summed E-state index contributed by atoms with van der Waals surface area (Å²) in [5, 5.41) is 0. The average molecular weight is 379 g/mol. The molecule has 27 heavy (non-hydrogen) atoms.